The maximum Gasteiger partial charge on any atom is 0.270 e. The highest BCUT2D eigenvalue weighted by atomic mass is 32.1. The van der Waals surface area contributed by atoms with Crippen LogP contribution >= 0.6 is 11.3 Å². The number of hydrogen-bond donors (Lipinski definition) is 2. The van der Waals surface area contributed by atoms with Crippen molar-refractivity contribution in [3.8, 4) is 0 Å². The SMILES string of the molecule is CN1CCN(CCNc2nc3c(s2)CN(C(=O)c2cc4ccccc4[nH]2)CC3)CC1. The fourth-order valence-corrected chi connectivity index (χ4v) is 5.25. The van der Waals surface area contributed by atoms with E-state index in [-0.39, 0.29) is 5.91 Å². The van der Waals surface area contributed by atoms with Gasteiger partial charge in [0.2, 0.25) is 0 Å². The molecule has 0 aliphatic carbocycles. The van der Waals surface area contributed by atoms with Gasteiger partial charge in [0.25, 0.3) is 5.91 Å². The predicted octanol–water partition coefficient (Wildman–Crippen LogP) is 2.48. The number of nitrogens with one attached hydrogen (secondary N) is 2. The second-order valence-electron chi connectivity index (χ2n) is 8.21. The van der Waals surface area contributed by atoms with Gasteiger partial charge in [0.05, 0.1) is 12.2 Å². The number of hydrogen-bond acceptors (Lipinski definition) is 6. The first-order valence-corrected chi connectivity index (χ1v) is 11.5. The molecule has 4 heterocycles. The molecule has 0 spiro atoms. The minimum atomic E-state index is 0.0647. The second-order valence-corrected chi connectivity index (χ2v) is 9.29. The smallest absolute Gasteiger partial charge is 0.270 e. The fraction of sp³-hybridized carbons (Fsp3) is 0.455. The van der Waals surface area contributed by atoms with Crippen LogP contribution in [0.1, 0.15) is 21.1 Å². The maximum absolute atomic E-state index is 13.0. The summed E-state index contributed by atoms with van der Waals surface area (Å²) >= 11 is 1.69. The summed E-state index contributed by atoms with van der Waals surface area (Å²) < 4.78 is 0. The zero-order chi connectivity index (χ0) is 20.5. The summed E-state index contributed by atoms with van der Waals surface area (Å²) in [5.41, 5.74) is 2.81. The molecule has 1 fully saturated rings. The van der Waals surface area contributed by atoms with Gasteiger partial charge in [-0.1, -0.05) is 29.5 Å². The Labute approximate surface area is 180 Å². The van der Waals surface area contributed by atoms with Crippen LogP contribution in [-0.4, -0.2) is 83.4 Å². The van der Waals surface area contributed by atoms with Gasteiger partial charge in [0.15, 0.2) is 5.13 Å². The largest absolute Gasteiger partial charge is 0.360 e. The van der Waals surface area contributed by atoms with Gasteiger partial charge >= 0.3 is 0 Å². The number of anilines is 1. The molecule has 0 bridgehead atoms. The van der Waals surface area contributed by atoms with E-state index in [0.717, 1.165) is 67.4 Å². The highest BCUT2D eigenvalue weighted by Gasteiger charge is 2.26. The normalized spacial score (nSPS) is 18.0. The van der Waals surface area contributed by atoms with Crippen molar-refractivity contribution in [2.75, 3.05) is 58.2 Å². The number of aromatic nitrogens is 2. The number of aromatic amines is 1. The minimum absolute atomic E-state index is 0.0647. The summed E-state index contributed by atoms with van der Waals surface area (Å²) in [7, 11) is 2.18. The molecule has 8 heteroatoms. The molecule has 0 unspecified atom stereocenters. The minimum Gasteiger partial charge on any atom is -0.360 e. The lowest BCUT2D eigenvalue weighted by molar-refractivity contribution is 0.0731. The monoisotopic (exact) mass is 424 g/mol. The quantitative estimate of drug-likeness (QED) is 0.659. The zero-order valence-corrected chi connectivity index (χ0v) is 18.2. The number of rotatable bonds is 5. The Balaban J connectivity index is 1.18. The van der Waals surface area contributed by atoms with Crippen LogP contribution in [0.25, 0.3) is 10.9 Å². The summed E-state index contributed by atoms with van der Waals surface area (Å²) in [6.07, 6.45) is 0.817. The van der Waals surface area contributed by atoms with Crippen molar-refractivity contribution in [2.24, 2.45) is 0 Å². The van der Waals surface area contributed by atoms with Crippen molar-refractivity contribution in [3.05, 3.63) is 46.6 Å². The lowest BCUT2D eigenvalue weighted by Crippen LogP contribution is -2.45. The van der Waals surface area contributed by atoms with Crippen LogP contribution in [0.4, 0.5) is 5.13 Å². The Kier molecular flexibility index (Phi) is 5.45. The average Bonchev–Trinajstić information content (AvgIpc) is 3.37. The molecule has 2 aliphatic rings. The van der Waals surface area contributed by atoms with Gasteiger partial charge in [-0.25, -0.2) is 4.98 Å². The first kappa shape index (κ1) is 19.5. The summed E-state index contributed by atoms with van der Waals surface area (Å²) in [4.78, 5) is 29.1. The zero-order valence-electron chi connectivity index (χ0n) is 17.4. The number of carbonyl (C=O) groups excluding carboxylic acids is 1. The van der Waals surface area contributed by atoms with Crippen molar-refractivity contribution in [1.29, 1.82) is 0 Å². The standard InChI is InChI=1S/C22H28N6OS/c1-26-10-12-27(13-11-26)9-7-23-22-25-18-6-8-28(15-20(18)30-22)21(29)19-14-16-4-2-3-5-17(16)24-19/h2-5,14,24H,6-13,15H2,1H3,(H,23,25). The van der Waals surface area contributed by atoms with Crippen LogP contribution in [0.15, 0.2) is 30.3 Å². The van der Waals surface area contributed by atoms with Gasteiger partial charge in [0.1, 0.15) is 5.69 Å². The Morgan fingerprint density at radius 3 is 2.87 bits per heavy atom. The van der Waals surface area contributed by atoms with Crippen molar-refractivity contribution in [1.82, 2.24) is 24.7 Å². The molecule has 30 heavy (non-hydrogen) atoms. The average molecular weight is 425 g/mol. The highest BCUT2D eigenvalue weighted by Crippen LogP contribution is 2.29. The number of piperazine rings is 1. The summed E-state index contributed by atoms with van der Waals surface area (Å²) in [5, 5.41) is 5.55. The fourth-order valence-electron chi connectivity index (χ4n) is 4.20. The molecule has 158 valence electrons. The van der Waals surface area contributed by atoms with Crippen LogP contribution in [0, 0.1) is 0 Å². The lowest BCUT2D eigenvalue weighted by atomic mass is 10.1. The third kappa shape index (κ3) is 4.08. The number of amides is 1. The van der Waals surface area contributed by atoms with Crippen LogP contribution in [0.2, 0.25) is 0 Å². The van der Waals surface area contributed by atoms with Crippen molar-refractivity contribution in [2.45, 2.75) is 13.0 Å². The van der Waals surface area contributed by atoms with Gasteiger partial charge in [-0.3, -0.25) is 9.69 Å². The molecule has 0 atom stereocenters. The Morgan fingerprint density at radius 2 is 2.03 bits per heavy atom. The number of carbonyl (C=O) groups is 1. The van der Waals surface area contributed by atoms with E-state index in [1.165, 1.54) is 4.88 Å². The molecule has 2 aliphatic heterocycles. The van der Waals surface area contributed by atoms with Gasteiger partial charge < -0.3 is 20.1 Å². The molecule has 1 amide bonds. The van der Waals surface area contributed by atoms with E-state index in [1.807, 2.05) is 35.2 Å². The molecule has 0 saturated carbocycles. The Bertz CT molecular complexity index is 1000. The van der Waals surface area contributed by atoms with E-state index in [1.54, 1.807) is 11.3 Å². The van der Waals surface area contributed by atoms with Crippen LogP contribution in [0.5, 0.6) is 0 Å². The first-order valence-electron chi connectivity index (χ1n) is 10.7. The van der Waals surface area contributed by atoms with E-state index in [2.05, 4.69) is 27.1 Å². The molecule has 2 aromatic heterocycles. The van der Waals surface area contributed by atoms with E-state index in [9.17, 15) is 4.79 Å². The van der Waals surface area contributed by atoms with E-state index < -0.39 is 0 Å². The van der Waals surface area contributed by atoms with Gasteiger partial charge in [-0.05, 0) is 19.2 Å². The second kappa shape index (κ2) is 8.37. The van der Waals surface area contributed by atoms with Crippen LogP contribution < -0.4 is 5.32 Å². The number of H-pyrrole nitrogens is 1. The van der Waals surface area contributed by atoms with Crippen LogP contribution in [-0.2, 0) is 13.0 Å². The summed E-state index contributed by atoms with van der Waals surface area (Å²) in [6, 6.07) is 9.96. The van der Waals surface area contributed by atoms with Crippen molar-refractivity contribution >= 4 is 33.3 Å². The molecule has 1 aromatic carbocycles. The molecule has 1 saturated heterocycles. The summed E-state index contributed by atoms with van der Waals surface area (Å²) in [5.74, 6) is 0.0647. The van der Waals surface area contributed by atoms with Crippen LogP contribution in [0.3, 0.4) is 0 Å². The van der Waals surface area contributed by atoms with E-state index in [0.29, 0.717) is 18.8 Å². The number of fused-ring (bicyclic) bond motifs is 2. The van der Waals surface area contributed by atoms with Gasteiger partial charge in [-0.2, -0.15) is 0 Å². The molecule has 5 rings (SSSR count). The van der Waals surface area contributed by atoms with Crippen molar-refractivity contribution < 1.29 is 4.79 Å². The van der Waals surface area contributed by atoms with Crippen molar-refractivity contribution in [3.63, 3.8) is 0 Å². The molecular formula is C22H28N6OS. The lowest BCUT2D eigenvalue weighted by Gasteiger charge is -2.32. The maximum atomic E-state index is 13.0. The first-order chi connectivity index (χ1) is 14.7. The van der Waals surface area contributed by atoms with Gasteiger partial charge in [0, 0.05) is 68.0 Å². The molecule has 2 N–H and O–H groups in total. The number of thiazole rings is 1. The third-order valence-corrected chi connectivity index (χ3v) is 7.12. The molecule has 3 aromatic rings. The topological polar surface area (TPSA) is 67.5 Å². The summed E-state index contributed by atoms with van der Waals surface area (Å²) in [6.45, 7) is 7.87. The van der Waals surface area contributed by atoms with Gasteiger partial charge in [-0.15, -0.1) is 0 Å². The molecule has 0 radical (unpaired) electrons. The highest BCUT2D eigenvalue weighted by molar-refractivity contribution is 7.15. The van der Waals surface area contributed by atoms with E-state index in [4.69, 9.17) is 4.98 Å². The predicted molar refractivity (Wildman–Crippen MR) is 121 cm³/mol. The number of nitrogens with zero attached hydrogens (tertiary/aromatic N) is 4. The Hall–Kier alpha value is -2.42. The third-order valence-electron chi connectivity index (χ3n) is 6.08. The molecular weight excluding hydrogens is 396 g/mol. The number of likely N-dealkylation sites (N-methyl/N-ethyl adjacent to an activating group) is 1. The molecule has 7 nitrogen and oxygen atoms in total. The number of benzene rings is 1. The Morgan fingerprint density at radius 1 is 1.20 bits per heavy atom. The number of para-hydroxylation sites is 1. The van der Waals surface area contributed by atoms with E-state index >= 15 is 0 Å².